The second-order valence-electron chi connectivity index (χ2n) is 9.45. The SMILES string of the molecule is CN(C)/[N+]([O-])=N/Oc1cc(Oc2ccc(OC(=O)c3ccccc3)c3c2C(=O)c2ccccc2C3=O)c([N+](=O)[O-])cc1[N+](=O)[O-]. The van der Waals surface area contributed by atoms with E-state index in [2.05, 4.69) is 5.28 Å². The number of hydrogen-bond donors (Lipinski definition) is 0. The first kappa shape index (κ1) is 29.8. The summed E-state index contributed by atoms with van der Waals surface area (Å²) in [7, 11) is 2.61. The molecular formula is C29H19N5O11. The molecule has 0 spiro atoms. The van der Waals surface area contributed by atoms with Crippen LogP contribution in [0.5, 0.6) is 23.0 Å². The summed E-state index contributed by atoms with van der Waals surface area (Å²) in [5.74, 6) is -4.27. The second-order valence-corrected chi connectivity index (χ2v) is 9.45. The van der Waals surface area contributed by atoms with Crippen LogP contribution in [0.2, 0.25) is 0 Å². The third kappa shape index (κ3) is 5.70. The van der Waals surface area contributed by atoms with Crippen LogP contribution in [0.15, 0.2) is 84.1 Å². The third-order valence-corrected chi connectivity index (χ3v) is 6.42. The summed E-state index contributed by atoms with van der Waals surface area (Å²) in [6.45, 7) is 0. The largest absolute Gasteiger partial charge is 0.569 e. The van der Waals surface area contributed by atoms with E-state index in [1.165, 1.54) is 56.6 Å². The van der Waals surface area contributed by atoms with Gasteiger partial charge in [-0.25, -0.2) is 4.79 Å². The molecule has 16 nitrogen and oxygen atoms in total. The van der Waals surface area contributed by atoms with Crippen LogP contribution in [0.1, 0.15) is 42.2 Å². The molecule has 0 bridgehead atoms. The Morgan fingerprint density at radius 1 is 0.711 bits per heavy atom. The highest BCUT2D eigenvalue weighted by Crippen LogP contribution is 2.45. The van der Waals surface area contributed by atoms with Crippen molar-refractivity contribution in [2.75, 3.05) is 14.1 Å². The molecule has 4 aromatic rings. The van der Waals surface area contributed by atoms with Crippen molar-refractivity contribution in [3.63, 3.8) is 0 Å². The number of rotatable bonds is 9. The molecule has 0 amide bonds. The Balaban J connectivity index is 1.66. The topological polar surface area (TPSA) is 207 Å². The zero-order chi connectivity index (χ0) is 32.4. The summed E-state index contributed by atoms with van der Waals surface area (Å²) in [6, 6.07) is 17.3. The molecule has 0 heterocycles. The predicted molar refractivity (Wildman–Crippen MR) is 151 cm³/mol. The van der Waals surface area contributed by atoms with E-state index in [0.717, 1.165) is 17.1 Å². The lowest BCUT2D eigenvalue weighted by atomic mass is 9.83. The molecule has 0 aliphatic heterocycles. The van der Waals surface area contributed by atoms with Crippen LogP contribution in [0.4, 0.5) is 11.4 Å². The van der Waals surface area contributed by atoms with E-state index in [1.54, 1.807) is 18.2 Å². The van der Waals surface area contributed by atoms with Gasteiger partial charge in [-0.2, -0.15) is 5.01 Å². The van der Waals surface area contributed by atoms with Gasteiger partial charge in [-0.05, 0) is 24.3 Å². The molecule has 16 heteroatoms. The third-order valence-electron chi connectivity index (χ3n) is 6.42. The fourth-order valence-corrected chi connectivity index (χ4v) is 4.32. The zero-order valence-electron chi connectivity index (χ0n) is 23.2. The Morgan fingerprint density at radius 2 is 1.24 bits per heavy atom. The number of hydrogen-bond acceptors (Lipinski definition) is 12. The van der Waals surface area contributed by atoms with E-state index in [4.69, 9.17) is 14.3 Å². The van der Waals surface area contributed by atoms with Gasteiger partial charge in [0.05, 0.1) is 45.6 Å². The number of ether oxygens (including phenoxy) is 2. The maximum atomic E-state index is 13.8. The minimum atomic E-state index is -0.997. The lowest BCUT2D eigenvalue weighted by molar-refractivity contribution is -0.695. The summed E-state index contributed by atoms with van der Waals surface area (Å²) < 4.78 is 11.3. The van der Waals surface area contributed by atoms with Gasteiger partial charge in [-0.1, -0.05) is 42.5 Å². The summed E-state index contributed by atoms with van der Waals surface area (Å²) in [5, 5.41) is 39.5. The summed E-state index contributed by atoms with van der Waals surface area (Å²) in [6.07, 6.45) is 0. The molecule has 0 N–H and O–H groups in total. The summed E-state index contributed by atoms with van der Waals surface area (Å²) >= 11 is 0. The van der Waals surface area contributed by atoms with Crippen molar-refractivity contribution in [3.05, 3.63) is 132 Å². The van der Waals surface area contributed by atoms with Crippen molar-refractivity contribution in [1.82, 2.24) is 5.01 Å². The molecule has 0 saturated heterocycles. The van der Waals surface area contributed by atoms with Gasteiger partial charge in [0.2, 0.25) is 16.8 Å². The molecule has 45 heavy (non-hydrogen) atoms. The molecule has 0 atom stereocenters. The van der Waals surface area contributed by atoms with Gasteiger partial charge in [0.25, 0.3) is 0 Å². The van der Waals surface area contributed by atoms with Gasteiger partial charge >= 0.3 is 17.3 Å². The van der Waals surface area contributed by atoms with Gasteiger partial charge in [0, 0.05) is 17.2 Å². The number of nitro groups is 2. The van der Waals surface area contributed by atoms with Gasteiger partial charge < -0.3 is 14.7 Å². The molecule has 0 saturated carbocycles. The van der Waals surface area contributed by atoms with E-state index in [0.29, 0.717) is 6.07 Å². The second kappa shape index (κ2) is 11.9. The van der Waals surface area contributed by atoms with Crippen LogP contribution in [-0.2, 0) is 0 Å². The van der Waals surface area contributed by atoms with Crippen LogP contribution in [0.3, 0.4) is 0 Å². The number of fused-ring (bicyclic) bond motifs is 2. The number of benzene rings is 4. The van der Waals surface area contributed by atoms with E-state index < -0.39 is 50.3 Å². The van der Waals surface area contributed by atoms with Crippen molar-refractivity contribution in [3.8, 4) is 23.0 Å². The highest BCUT2D eigenvalue weighted by molar-refractivity contribution is 6.30. The lowest BCUT2D eigenvalue weighted by Crippen LogP contribution is -2.23. The standard InChI is InChI=1S/C29H19N5O11/c1-31(2)34(42)30-45-24-15-23(19(32(38)39)14-20(24)33(40)41)43-21-12-13-22(44-29(37)16-8-4-3-5-9-16)26-25(21)27(35)17-10-6-7-11-18(17)28(26)36/h3-15H,1-2H3/b34-30-. The predicted octanol–water partition coefficient (Wildman–Crippen LogP) is 5.02. The van der Waals surface area contributed by atoms with Crippen molar-refractivity contribution >= 4 is 28.9 Å². The first-order valence-electron chi connectivity index (χ1n) is 12.8. The van der Waals surface area contributed by atoms with Crippen LogP contribution >= 0.6 is 0 Å². The van der Waals surface area contributed by atoms with E-state index in [9.17, 15) is 39.8 Å². The highest BCUT2D eigenvalue weighted by Gasteiger charge is 2.37. The summed E-state index contributed by atoms with van der Waals surface area (Å²) in [4.78, 5) is 66.8. The first-order valence-corrected chi connectivity index (χ1v) is 12.8. The Morgan fingerprint density at radius 3 is 1.82 bits per heavy atom. The monoisotopic (exact) mass is 613 g/mol. The fourth-order valence-electron chi connectivity index (χ4n) is 4.32. The number of esters is 1. The lowest BCUT2D eigenvalue weighted by Gasteiger charge is -2.22. The van der Waals surface area contributed by atoms with Crippen LogP contribution in [-0.4, -0.2) is 51.5 Å². The first-order chi connectivity index (χ1) is 21.5. The van der Waals surface area contributed by atoms with Crippen molar-refractivity contribution in [1.29, 1.82) is 0 Å². The van der Waals surface area contributed by atoms with Gasteiger partial charge in [-0.15, -0.1) is 0 Å². The molecular weight excluding hydrogens is 594 g/mol. The van der Waals surface area contributed by atoms with Crippen LogP contribution < -0.4 is 14.3 Å². The van der Waals surface area contributed by atoms with Crippen LogP contribution in [0.25, 0.3) is 0 Å². The fraction of sp³-hybridized carbons (Fsp3) is 0.0690. The summed E-state index contributed by atoms with van der Waals surface area (Å²) in [5.41, 5.74) is -2.39. The van der Waals surface area contributed by atoms with Crippen molar-refractivity contribution in [2.24, 2.45) is 5.28 Å². The molecule has 226 valence electrons. The molecule has 4 aromatic carbocycles. The molecule has 1 aliphatic rings. The normalized spacial score (nSPS) is 12.1. The minimum absolute atomic E-state index is 0.00775. The average molecular weight is 613 g/mol. The Hall–Kier alpha value is -6.71. The smallest absolute Gasteiger partial charge is 0.343 e. The van der Waals surface area contributed by atoms with Gasteiger partial charge in [0.1, 0.15) is 17.6 Å². The number of hydrazine groups is 1. The van der Waals surface area contributed by atoms with E-state index >= 15 is 0 Å². The zero-order valence-corrected chi connectivity index (χ0v) is 23.2. The van der Waals surface area contributed by atoms with E-state index in [-0.39, 0.29) is 44.3 Å². The van der Waals surface area contributed by atoms with Gasteiger partial charge in [-0.3, -0.25) is 34.7 Å². The molecule has 1 aliphatic carbocycles. The van der Waals surface area contributed by atoms with E-state index in [1.807, 2.05) is 0 Å². The van der Waals surface area contributed by atoms with Crippen molar-refractivity contribution in [2.45, 2.75) is 0 Å². The Kier molecular flexibility index (Phi) is 7.86. The highest BCUT2D eigenvalue weighted by atomic mass is 16.7. The molecule has 0 fully saturated rings. The molecule has 5 rings (SSSR count). The minimum Gasteiger partial charge on any atom is -0.569 e. The molecule has 0 unspecified atom stereocenters. The van der Waals surface area contributed by atoms with Gasteiger partial charge in [0.15, 0.2) is 11.6 Å². The number of nitro benzene ring substituents is 2. The number of ketones is 2. The molecule has 0 aromatic heterocycles. The van der Waals surface area contributed by atoms with Crippen molar-refractivity contribution < 1.29 is 43.5 Å². The Labute approximate surface area is 252 Å². The maximum Gasteiger partial charge on any atom is 0.343 e. The molecule has 0 radical (unpaired) electrons. The number of carbonyl (C=O) groups is 3. The Bertz CT molecular complexity index is 1940. The number of nitrogens with zero attached hydrogens (tertiary/aromatic N) is 5. The quantitative estimate of drug-likeness (QED) is 0.0536. The average Bonchev–Trinajstić information content (AvgIpc) is 3.03. The maximum absolute atomic E-state index is 13.8. The number of carbonyl (C=O) groups excluding carboxylic acids is 3. The van der Waals surface area contributed by atoms with Crippen LogP contribution in [0, 0.1) is 25.4 Å².